The molecule has 0 spiro atoms. The zero-order valence-electron chi connectivity index (χ0n) is 10.5. The number of nitrogens with one attached hydrogen (secondary N) is 1. The molecule has 1 saturated carbocycles. The number of benzene rings is 1. The predicted molar refractivity (Wildman–Crippen MR) is 71.4 cm³/mol. The number of amides is 1. The lowest BCUT2D eigenvalue weighted by atomic mass is 10.2. The Bertz CT molecular complexity index is 383. The summed E-state index contributed by atoms with van der Waals surface area (Å²) < 4.78 is 5.67. The highest BCUT2D eigenvalue weighted by atomic mass is 16.5. The smallest absolute Gasteiger partial charge is 0.251 e. The van der Waals surface area contributed by atoms with E-state index in [1.807, 2.05) is 0 Å². The van der Waals surface area contributed by atoms with E-state index in [9.17, 15) is 4.79 Å². The topological polar surface area (TPSA) is 64.4 Å². The fraction of sp³-hybridized carbons (Fsp3) is 0.500. The Hall–Kier alpha value is -1.55. The van der Waals surface area contributed by atoms with Gasteiger partial charge in [0.1, 0.15) is 0 Å². The summed E-state index contributed by atoms with van der Waals surface area (Å²) in [4.78, 5) is 11.7. The van der Waals surface area contributed by atoms with Gasteiger partial charge in [-0.1, -0.05) is 12.8 Å². The maximum absolute atomic E-state index is 11.7. The number of anilines is 1. The minimum absolute atomic E-state index is 0.0787. The Kier molecular flexibility index (Phi) is 4.59. The van der Waals surface area contributed by atoms with Crippen LogP contribution in [0.3, 0.4) is 0 Å². The Labute approximate surface area is 108 Å². The van der Waals surface area contributed by atoms with Gasteiger partial charge in [0, 0.05) is 17.8 Å². The van der Waals surface area contributed by atoms with Crippen molar-refractivity contribution in [2.45, 2.75) is 31.8 Å². The largest absolute Gasteiger partial charge is 0.399 e. The van der Waals surface area contributed by atoms with Gasteiger partial charge in [0.25, 0.3) is 5.91 Å². The summed E-state index contributed by atoms with van der Waals surface area (Å²) in [6.07, 6.45) is 5.25. The maximum atomic E-state index is 11.7. The van der Waals surface area contributed by atoms with Crippen molar-refractivity contribution in [2.24, 2.45) is 0 Å². The van der Waals surface area contributed by atoms with Crippen LogP contribution in [-0.4, -0.2) is 25.2 Å². The second-order valence-corrected chi connectivity index (χ2v) is 4.66. The summed E-state index contributed by atoms with van der Waals surface area (Å²) in [6, 6.07) is 6.90. The molecular formula is C14H20N2O2. The first-order valence-corrected chi connectivity index (χ1v) is 6.51. The molecule has 18 heavy (non-hydrogen) atoms. The van der Waals surface area contributed by atoms with E-state index in [0.717, 1.165) is 12.8 Å². The zero-order chi connectivity index (χ0) is 12.8. The molecule has 0 atom stereocenters. The van der Waals surface area contributed by atoms with Crippen LogP contribution in [0.1, 0.15) is 36.0 Å². The van der Waals surface area contributed by atoms with Crippen LogP contribution in [0, 0.1) is 0 Å². The Morgan fingerprint density at radius 3 is 2.61 bits per heavy atom. The molecule has 1 fully saturated rings. The van der Waals surface area contributed by atoms with Crippen LogP contribution in [0.2, 0.25) is 0 Å². The summed E-state index contributed by atoms with van der Waals surface area (Å²) in [5.74, 6) is -0.0787. The van der Waals surface area contributed by atoms with Gasteiger partial charge in [0.15, 0.2) is 0 Å². The summed E-state index contributed by atoms with van der Waals surface area (Å²) in [5.41, 5.74) is 6.86. The zero-order valence-corrected chi connectivity index (χ0v) is 10.5. The summed E-state index contributed by atoms with van der Waals surface area (Å²) >= 11 is 0. The van der Waals surface area contributed by atoms with Gasteiger partial charge in [0.2, 0.25) is 0 Å². The minimum Gasteiger partial charge on any atom is -0.399 e. The third-order valence-corrected chi connectivity index (χ3v) is 3.22. The Balaban J connectivity index is 1.66. The SMILES string of the molecule is Nc1ccc(C(=O)NCCOC2CCCC2)cc1. The van der Waals surface area contributed by atoms with Crippen molar-refractivity contribution in [3.8, 4) is 0 Å². The van der Waals surface area contributed by atoms with Gasteiger partial charge in [0.05, 0.1) is 12.7 Å². The van der Waals surface area contributed by atoms with Crippen LogP contribution in [0.15, 0.2) is 24.3 Å². The van der Waals surface area contributed by atoms with Gasteiger partial charge in [-0.05, 0) is 37.1 Å². The number of hydrogen-bond donors (Lipinski definition) is 2. The van der Waals surface area contributed by atoms with Crippen LogP contribution in [0.4, 0.5) is 5.69 Å². The Morgan fingerprint density at radius 2 is 1.94 bits per heavy atom. The molecule has 1 aliphatic carbocycles. The van der Waals surface area contributed by atoms with Crippen LogP contribution in [0.5, 0.6) is 0 Å². The fourth-order valence-corrected chi connectivity index (χ4v) is 2.18. The van der Waals surface area contributed by atoms with E-state index in [2.05, 4.69) is 5.32 Å². The molecule has 1 amide bonds. The van der Waals surface area contributed by atoms with E-state index in [0.29, 0.717) is 30.5 Å². The molecule has 1 aromatic carbocycles. The molecule has 0 unspecified atom stereocenters. The van der Waals surface area contributed by atoms with E-state index in [4.69, 9.17) is 10.5 Å². The third kappa shape index (κ3) is 3.74. The molecule has 3 N–H and O–H groups in total. The second kappa shape index (κ2) is 6.40. The predicted octanol–water partition coefficient (Wildman–Crippen LogP) is 1.96. The number of rotatable bonds is 5. The van der Waals surface area contributed by atoms with Crippen LogP contribution in [-0.2, 0) is 4.74 Å². The first kappa shape index (κ1) is 12.9. The van der Waals surface area contributed by atoms with E-state index in [1.165, 1.54) is 12.8 Å². The number of carbonyl (C=O) groups is 1. The molecule has 2 rings (SSSR count). The molecule has 1 aliphatic rings. The fourth-order valence-electron chi connectivity index (χ4n) is 2.18. The lowest BCUT2D eigenvalue weighted by molar-refractivity contribution is 0.0582. The van der Waals surface area contributed by atoms with Gasteiger partial charge in [-0.3, -0.25) is 4.79 Å². The van der Waals surface area contributed by atoms with Gasteiger partial charge < -0.3 is 15.8 Å². The van der Waals surface area contributed by atoms with Crippen LogP contribution in [0.25, 0.3) is 0 Å². The van der Waals surface area contributed by atoms with Crippen molar-refractivity contribution in [1.29, 1.82) is 0 Å². The summed E-state index contributed by atoms with van der Waals surface area (Å²) in [5, 5.41) is 2.84. The number of nitrogen functional groups attached to an aromatic ring is 1. The Morgan fingerprint density at radius 1 is 1.28 bits per heavy atom. The highest BCUT2D eigenvalue weighted by molar-refractivity contribution is 5.94. The molecule has 0 aliphatic heterocycles. The van der Waals surface area contributed by atoms with Crippen molar-refractivity contribution in [1.82, 2.24) is 5.32 Å². The molecule has 4 heteroatoms. The minimum atomic E-state index is -0.0787. The van der Waals surface area contributed by atoms with Crippen molar-refractivity contribution in [3.05, 3.63) is 29.8 Å². The first-order valence-electron chi connectivity index (χ1n) is 6.51. The van der Waals surface area contributed by atoms with Gasteiger partial charge >= 0.3 is 0 Å². The van der Waals surface area contributed by atoms with Gasteiger partial charge in [-0.15, -0.1) is 0 Å². The molecule has 0 saturated heterocycles. The molecule has 0 heterocycles. The molecule has 4 nitrogen and oxygen atoms in total. The number of hydrogen-bond acceptors (Lipinski definition) is 3. The second-order valence-electron chi connectivity index (χ2n) is 4.66. The van der Waals surface area contributed by atoms with Crippen molar-refractivity contribution in [2.75, 3.05) is 18.9 Å². The van der Waals surface area contributed by atoms with Gasteiger partial charge in [-0.25, -0.2) is 0 Å². The number of nitrogens with two attached hydrogens (primary N) is 1. The summed E-state index contributed by atoms with van der Waals surface area (Å²) in [7, 11) is 0. The van der Waals surface area contributed by atoms with Crippen LogP contribution >= 0.6 is 0 Å². The lowest BCUT2D eigenvalue weighted by Crippen LogP contribution is -2.28. The van der Waals surface area contributed by atoms with Gasteiger partial charge in [-0.2, -0.15) is 0 Å². The highest BCUT2D eigenvalue weighted by Gasteiger charge is 2.14. The first-order chi connectivity index (χ1) is 8.75. The third-order valence-electron chi connectivity index (χ3n) is 3.22. The monoisotopic (exact) mass is 248 g/mol. The van der Waals surface area contributed by atoms with Crippen molar-refractivity contribution >= 4 is 11.6 Å². The standard InChI is InChI=1S/C14H20N2O2/c15-12-7-5-11(6-8-12)14(17)16-9-10-18-13-3-1-2-4-13/h5-8,13H,1-4,9-10,15H2,(H,16,17). The number of ether oxygens (including phenoxy) is 1. The van der Waals surface area contributed by atoms with E-state index < -0.39 is 0 Å². The normalized spacial score (nSPS) is 15.8. The van der Waals surface area contributed by atoms with Crippen LogP contribution < -0.4 is 11.1 Å². The van der Waals surface area contributed by atoms with E-state index in [-0.39, 0.29) is 5.91 Å². The maximum Gasteiger partial charge on any atom is 0.251 e. The molecule has 0 bridgehead atoms. The van der Waals surface area contributed by atoms with Crippen molar-refractivity contribution in [3.63, 3.8) is 0 Å². The lowest BCUT2D eigenvalue weighted by Gasteiger charge is -2.11. The molecule has 1 aromatic rings. The number of carbonyl (C=O) groups excluding carboxylic acids is 1. The molecule has 98 valence electrons. The highest BCUT2D eigenvalue weighted by Crippen LogP contribution is 2.20. The molecular weight excluding hydrogens is 228 g/mol. The molecule has 0 aromatic heterocycles. The summed E-state index contributed by atoms with van der Waals surface area (Å²) in [6.45, 7) is 1.14. The molecule has 0 radical (unpaired) electrons. The quantitative estimate of drug-likeness (QED) is 0.618. The average Bonchev–Trinajstić information content (AvgIpc) is 2.88. The average molecular weight is 248 g/mol. The van der Waals surface area contributed by atoms with E-state index >= 15 is 0 Å². The van der Waals surface area contributed by atoms with Crippen molar-refractivity contribution < 1.29 is 9.53 Å². The van der Waals surface area contributed by atoms with E-state index in [1.54, 1.807) is 24.3 Å².